The van der Waals surface area contributed by atoms with Gasteiger partial charge in [0.05, 0.1) is 18.8 Å². The summed E-state index contributed by atoms with van der Waals surface area (Å²) in [6, 6.07) is 5.56. The summed E-state index contributed by atoms with van der Waals surface area (Å²) in [4.78, 5) is 4.19. The summed E-state index contributed by atoms with van der Waals surface area (Å²) in [7, 11) is 0. The van der Waals surface area contributed by atoms with E-state index in [-0.39, 0.29) is 47.6 Å². The molecule has 1 saturated heterocycles. The monoisotopic (exact) mass is 475 g/mol. The molecule has 6 nitrogen and oxygen atoms in total. The zero-order valence-electron chi connectivity index (χ0n) is 13.4. The summed E-state index contributed by atoms with van der Waals surface area (Å²) in [5.41, 5.74) is 5.55. The fourth-order valence-corrected chi connectivity index (χ4v) is 2.50. The van der Waals surface area contributed by atoms with E-state index in [0.717, 1.165) is 6.42 Å². The number of anilines is 1. The SMILES string of the molecule is I.NC(=NCC1(CCO)CCOC1)Nc1ccccc1OC(F)(F)F. The predicted molar refractivity (Wildman–Crippen MR) is 98.2 cm³/mol. The van der Waals surface area contributed by atoms with Crippen molar-refractivity contribution in [3.63, 3.8) is 0 Å². The number of nitrogens with one attached hydrogen (secondary N) is 1. The van der Waals surface area contributed by atoms with E-state index < -0.39 is 12.1 Å². The van der Waals surface area contributed by atoms with Crippen LogP contribution in [0.4, 0.5) is 18.9 Å². The zero-order valence-corrected chi connectivity index (χ0v) is 15.7. The number of aliphatic hydroxyl groups is 1. The third-order valence-corrected chi connectivity index (χ3v) is 3.79. The first-order chi connectivity index (χ1) is 11.3. The molecule has 1 heterocycles. The number of guanidine groups is 1. The van der Waals surface area contributed by atoms with Crippen molar-refractivity contribution in [2.45, 2.75) is 19.2 Å². The van der Waals surface area contributed by atoms with Gasteiger partial charge in [-0.15, -0.1) is 37.1 Å². The number of aliphatic hydroxyl groups excluding tert-OH is 1. The van der Waals surface area contributed by atoms with Gasteiger partial charge in [0.2, 0.25) is 0 Å². The Kier molecular flexibility index (Phi) is 8.22. The van der Waals surface area contributed by atoms with Gasteiger partial charge in [0, 0.05) is 18.6 Å². The number of aliphatic imine (C=N–C) groups is 1. The minimum atomic E-state index is -4.80. The van der Waals surface area contributed by atoms with Crippen molar-refractivity contribution in [3.05, 3.63) is 24.3 Å². The Morgan fingerprint density at radius 2 is 2.12 bits per heavy atom. The zero-order chi connectivity index (χ0) is 17.6. The molecule has 0 spiro atoms. The molecular formula is C15H21F3IN3O3. The molecule has 0 saturated carbocycles. The van der Waals surface area contributed by atoms with E-state index in [9.17, 15) is 13.2 Å². The second-order valence-electron chi connectivity index (χ2n) is 5.65. The van der Waals surface area contributed by atoms with Gasteiger partial charge >= 0.3 is 6.36 Å². The number of hydrogen-bond donors (Lipinski definition) is 3. The Balaban J connectivity index is 0.00000312. The third kappa shape index (κ3) is 6.86. The van der Waals surface area contributed by atoms with Crippen molar-refractivity contribution in [1.29, 1.82) is 0 Å². The molecule has 0 amide bonds. The first-order valence-electron chi connectivity index (χ1n) is 7.44. The Bertz CT molecular complexity index is 579. The molecule has 1 aromatic rings. The molecule has 1 unspecified atom stereocenters. The van der Waals surface area contributed by atoms with Crippen molar-refractivity contribution in [2.75, 3.05) is 31.7 Å². The van der Waals surface area contributed by atoms with Gasteiger partial charge in [0.15, 0.2) is 11.7 Å². The fourth-order valence-electron chi connectivity index (χ4n) is 2.50. The van der Waals surface area contributed by atoms with E-state index in [1.54, 1.807) is 6.07 Å². The van der Waals surface area contributed by atoms with Crippen LogP contribution >= 0.6 is 24.0 Å². The van der Waals surface area contributed by atoms with Crippen LogP contribution in [0.5, 0.6) is 5.75 Å². The highest BCUT2D eigenvalue weighted by Crippen LogP contribution is 2.33. The van der Waals surface area contributed by atoms with Crippen molar-refractivity contribution >= 4 is 35.6 Å². The van der Waals surface area contributed by atoms with E-state index in [1.807, 2.05) is 0 Å². The first-order valence-corrected chi connectivity index (χ1v) is 7.44. The van der Waals surface area contributed by atoms with Crippen LogP contribution in [0.2, 0.25) is 0 Å². The van der Waals surface area contributed by atoms with Crippen molar-refractivity contribution in [2.24, 2.45) is 16.1 Å². The molecule has 4 N–H and O–H groups in total. The lowest BCUT2D eigenvalue weighted by Crippen LogP contribution is -2.30. The Hall–Kier alpha value is -1.27. The predicted octanol–water partition coefficient (Wildman–Crippen LogP) is 2.72. The van der Waals surface area contributed by atoms with E-state index in [1.165, 1.54) is 18.2 Å². The molecule has 2 rings (SSSR count). The van der Waals surface area contributed by atoms with Crippen LogP contribution in [0.3, 0.4) is 0 Å². The first kappa shape index (κ1) is 21.8. The van der Waals surface area contributed by atoms with Gasteiger partial charge in [0.25, 0.3) is 0 Å². The van der Waals surface area contributed by atoms with Crippen LogP contribution in [0.15, 0.2) is 29.3 Å². The van der Waals surface area contributed by atoms with Gasteiger partial charge in [-0.1, -0.05) is 12.1 Å². The number of nitrogens with zero attached hydrogens (tertiary/aromatic N) is 1. The quantitative estimate of drug-likeness (QED) is 0.335. The van der Waals surface area contributed by atoms with Crippen LogP contribution < -0.4 is 15.8 Å². The highest BCUT2D eigenvalue weighted by atomic mass is 127. The van der Waals surface area contributed by atoms with Crippen LogP contribution in [-0.2, 0) is 4.74 Å². The van der Waals surface area contributed by atoms with Crippen molar-refractivity contribution in [1.82, 2.24) is 0 Å². The smallest absolute Gasteiger partial charge is 0.404 e. The van der Waals surface area contributed by atoms with E-state index in [4.69, 9.17) is 15.6 Å². The summed E-state index contributed by atoms with van der Waals surface area (Å²) in [6.07, 6.45) is -3.52. The second-order valence-corrected chi connectivity index (χ2v) is 5.65. The molecule has 0 aromatic heterocycles. The van der Waals surface area contributed by atoms with Gasteiger partial charge in [-0.25, -0.2) is 0 Å². The van der Waals surface area contributed by atoms with Crippen LogP contribution in [0.25, 0.3) is 0 Å². The summed E-state index contributed by atoms with van der Waals surface area (Å²) in [5.74, 6) is -0.421. The second kappa shape index (κ2) is 9.43. The summed E-state index contributed by atoms with van der Waals surface area (Å²) in [5, 5.41) is 11.8. The summed E-state index contributed by atoms with van der Waals surface area (Å²) < 4.78 is 46.5. The Labute approximate surface area is 160 Å². The van der Waals surface area contributed by atoms with Crippen LogP contribution in [0, 0.1) is 5.41 Å². The lowest BCUT2D eigenvalue weighted by molar-refractivity contribution is -0.274. The van der Waals surface area contributed by atoms with Crippen molar-refractivity contribution in [3.8, 4) is 5.75 Å². The number of hydrogen-bond acceptors (Lipinski definition) is 4. The highest BCUT2D eigenvalue weighted by Gasteiger charge is 2.34. The number of alkyl halides is 3. The molecule has 0 bridgehead atoms. The fraction of sp³-hybridized carbons (Fsp3) is 0.533. The molecule has 1 aliphatic heterocycles. The maximum Gasteiger partial charge on any atom is 0.573 e. The number of para-hydroxylation sites is 2. The molecule has 1 atom stereocenters. The lowest BCUT2D eigenvalue weighted by Gasteiger charge is -2.24. The highest BCUT2D eigenvalue weighted by molar-refractivity contribution is 14.0. The molecule has 1 aromatic carbocycles. The lowest BCUT2D eigenvalue weighted by atomic mass is 9.84. The minimum absolute atomic E-state index is 0. The Morgan fingerprint density at radius 1 is 1.40 bits per heavy atom. The van der Waals surface area contributed by atoms with Crippen LogP contribution in [-0.4, -0.2) is 43.8 Å². The average Bonchev–Trinajstić information content (AvgIpc) is 2.95. The minimum Gasteiger partial charge on any atom is -0.404 e. The molecule has 25 heavy (non-hydrogen) atoms. The number of rotatable bonds is 6. The van der Waals surface area contributed by atoms with E-state index in [0.29, 0.717) is 26.2 Å². The maximum atomic E-state index is 12.4. The Morgan fingerprint density at radius 3 is 2.72 bits per heavy atom. The molecule has 142 valence electrons. The van der Waals surface area contributed by atoms with Gasteiger partial charge in [-0.3, -0.25) is 4.99 Å². The van der Waals surface area contributed by atoms with Gasteiger partial charge in [0.1, 0.15) is 0 Å². The topological polar surface area (TPSA) is 89.1 Å². The molecule has 10 heteroatoms. The van der Waals surface area contributed by atoms with Crippen molar-refractivity contribution < 1.29 is 27.8 Å². The number of nitrogens with two attached hydrogens (primary N) is 1. The molecule has 0 aliphatic carbocycles. The third-order valence-electron chi connectivity index (χ3n) is 3.79. The molecule has 0 radical (unpaired) electrons. The molecule has 1 aliphatic rings. The number of ether oxygens (including phenoxy) is 2. The summed E-state index contributed by atoms with van der Waals surface area (Å²) in [6.45, 7) is 1.38. The number of halogens is 4. The summed E-state index contributed by atoms with van der Waals surface area (Å²) >= 11 is 0. The maximum absolute atomic E-state index is 12.4. The van der Waals surface area contributed by atoms with Gasteiger partial charge < -0.3 is 25.6 Å². The van der Waals surface area contributed by atoms with Gasteiger partial charge in [-0.2, -0.15) is 0 Å². The standard InChI is InChI=1S/C15H20F3N3O3.HI/c16-15(17,18)24-12-4-2-1-3-11(12)21-13(19)20-9-14(5-7-22)6-8-23-10-14;/h1-4,22H,5-10H2,(H3,19,20,21);1H. The number of benzene rings is 1. The van der Waals surface area contributed by atoms with E-state index in [2.05, 4.69) is 15.0 Å². The largest absolute Gasteiger partial charge is 0.573 e. The normalized spacial score (nSPS) is 20.9. The average molecular weight is 475 g/mol. The van der Waals surface area contributed by atoms with Crippen LogP contribution in [0.1, 0.15) is 12.8 Å². The molecular weight excluding hydrogens is 454 g/mol. The van der Waals surface area contributed by atoms with Gasteiger partial charge in [-0.05, 0) is 25.0 Å². The molecule has 1 fully saturated rings. The van der Waals surface area contributed by atoms with E-state index >= 15 is 0 Å².